The van der Waals surface area contributed by atoms with E-state index in [9.17, 15) is 0 Å². The Morgan fingerprint density at radius 3 is 2.43 bits per heavy atom. The fourth-order valence-corrected chi connectivity index (χ4v) is 2.54. The minimum Gasteiger partial charge on any atom is -0.367 e. The van der Waals surface area contributed by atoms with Crippen molar-refractivity contribution in [3.05, 3.63) is 36.4 Å². The van der Waals surface area contributed by atoms with Crippen LogP contribution in [-0.2, 0) is 0 Å². The molecule has 0 radical (unpaired) electrons. The van der Waals surface area contributed by atoms with Crippen LogP contribution in [0.25, 0.3) is 11.3 Å². The van der Waals surface area contributed by atoms with Gasteiger partial charge in [-0.25, -0.2) is 0 Å². The molecule has 1 aliphatic rings. The minimum absolute atomic E-state index is 0.892. The zero-order valence-corrected chi connectivity index (χ0v) is 12.6. The largest absolute Gasteiger partial charge is 0.367 e. The number of piperazine rings is 1. The average Bonchev–Trinajstić information content (AvgIpc) is 2.56. The molecule has 1 fully saturated rings. The molecule has 0 bridgehead atoms. The molecule has 1 aromatic carbocycles. The van der Waals surface area contributed by atoms with Crippen LogP contribution < -0.4 is 15.1 Å². The van der Waals surface area contributed by atoms with Gasteiger partial charge in [0.25, 0.3) is 0 Å². The Kier molecular flexibility index (Phi) is 4.01. The maximum absolute atomic E-state index is 4.49. The molecular weight excluding hydrogens is 262 g/mol. The maximum atomic E-state index is 4.49. The first kappa shape index (κ1) is 13.8. The Labute approximate surface area is 125 Å². The van der Waals surface area contributed by atoms with Crippen LogP contribution >= 0.6 is 0 Å². The zero-order valence-electron chi connectivity index (χ0n) is 12.6. The highest BCUT2D eigenvalue weighted by atomic mass is 15.3. The lowest BCUT2D eigenvalue weighted by Crippen LogP contribution is -2.43. The molecule has 2 heterocycles. The van der Waals surface area contributed by atoms with Crippen LogP contribution in [0.15, 0.2) is 36.4 Å². The lowest BCUT2D eigenvalue weighted by molar-refractivity contribution is 0.588. The van der Waals surface area contributed by atoms with Gasteiger partial charge in [0.2, 0.25) is 0 Å². The number of hydrogen-bond donors (Lipinski definition) is 1. The fraction of sp³-hybridized carbons (Fsp3) is 0.375. The van der Waals surface area contributed by atoms with Gasteiger partial charge < -0.3 is 15.1 Å². The number of anilines is 2. The average molecular weight is 283 g/mol. The van der Waals surface area contributed by atoms with Gasteiger partial charge in [0.05, 0.1) is 5.69 Å². The SMILES string of the molecule is CN(C)c1cc(N2CCNCC2)c(-c2ccccc2)nn1. The predicted molar refractivity (Wildman–Crippen MR) is 86.9 cm³/mol. The monoisotopic (exact) mass is 283 g/mol. The molecule has 2 aromatic rings. The van der Waals surface area contributed by atoms with Crippen LogP contribution in [0, 0.1) is 0 Å². The van der Waals surface area contributed by atoms with Crippen molar-refractivity contribution >= 4 is 11.5 Å². The van der Waals surface area contributed by atoms with Gasteiger partial charge in [0.15, 0.2) is 5.82 Å². The Morgan fingerprint density at radius 1 is 1.05 bits per heavy atom. The van der Waals surface area contributed by atoms with E-state index in [4.69, 9.17) is 0 Å². The fourth-order valence-electron chi connectivity index (χ4n) is 2.54. The normalized spacial score (nSPS) is 15.0. The number of benzene rings is 1. The summed E-state index contributed by atoms with van der Waals surface area (Å²) in [6.07, 6.45) is 0. The van der Waals surface area contributed by atoms with E-state index in [0.29, 0.717) is 0 Å². The van der Waals surface area contributed by atoms with Crippen molar-refractivity contribution in [3.8, 4) is 11.3 Å². The standard InChI is InChI=1S/C16H21N5/c1-20(2)15-12-14(21-10-8-17-9-11-21)16(19-18-15)13-6-4-3-5-7-13/h3-7,12,17H,8-11H2,1-2H3. The zero-order chi connectivity index (χ0) is 14.7. The number of aromatic nitrogens is 2. The summed E-state index contributed by atoms with van der Waals surface area (Å²) in [5, 5.41) is 12.2. The molecule has 3 rings (SSSR count). The molecule has 0 amide bonds. The highest BCUT2D eigenvalue weighted by Crippen LogP contribution is 2.30. The smallest absolute Gasteiger partial charge is 0.152 e. The molecule has 1 aliphatic heterocycles. The summed E-state index contributed by atoms with van der Waals surface area (Å²) < 4.78 is 0. The van der Waals surface area contributed by atoms with E-state index >= 15 is 0 Å². The van der Waals surface area contributed by atoms with Gasteiger partial charge in [0, 0.05) is 51.9 Å². The van der Waals surface area contributed by atoms with Crippen LogP contribution in [0.4, 0.5) is 11.5 Å². The Morgan fingerprint density at radius 2 is 1.76 bits per heavy atom. The van der Waals surface area contributed by atoms with E-state index < -0.39 is 0 Å². The van der Waals surface area contributed by atoms with E-state index in [0.717, 1.165) is 43.3 Å². The molecule has 0 atom stereocenters. The summed E-state index contributed by atoms with van der Waals surface area (Å²) in [6.45, 7) is 4.01. The van der Waals surface area contributed by atoms with Crippen molar-refractivity contribution in [2.24, 2.45) is 0 Å². The summed E-state index contributed by atoms with van der Waals surface area (Å²) in [7, 11) is 3.99. The molecular formula is C16H21N5. The number of nitrogens with zero attached hydrogens (tertiary/aromatic N) is 4. The Balaban J connectivity index is 2.05. The summed E-state index contributed by atoms with van der Waals surface area (Å²) in [4.78, 5) is 4.38. The summed E-state index contributed by atoms with van der Waals surface area (Å²) in [5.41, 5.74) is 3.24. The van der Waals surface area contributed by atoms with Gasteiger partial charge in [-0.3, -0.25) is 0 Å². The second-order valence-electron chi connectivity index (χ2n) is 5.43. The lowest BCUT2D eigenvalue weighted by atomic mass is 10.1. The van der Waals surface area contributed by atoms with Gasteiger partial charge in [-0.15, -0.1) is 10.2 Å². The minimum atomic E-state index is 0.892. The maximum Gasteiger partial charge on any atom is 0.152 e. The van der Waals surface area contributed by atoms with Crippen molar-refractivity contribution in [1.82, 2.24) is 15.5 Å². The van der Waals surface area contributed by atoms with Crippen LogP contribution in [0.5, 0.6) is 0 Å². The third-order valence-electron chi connectivity index (χ3n) is 3.72. The van der Waals surface area contributed by atoms with Crippen molar-refractivity contribution in [1.29, 1.82) is 0 Å². The van der Waals surface area contributed by atoms with Gasteiger partial charge in [0.1, 0.15) is 5.69 Å². The molecule has 0 saturated carbocycles. The summed E-state index contributed by atoms with van der Waals surface area (Å²) in [6, 6.07) is 12.4. The molecule has 1 saturated heterocycles. The van der Waals surface area contributed by atoms with Crippen molar-refractivity contribution in [2.75, 3.05) is 50.1 Å². The van der Waals surface area contributed by atoms with Crippen LogP contribution in [0.2, 0.25) is 0 Å². The van der Waals surface area contributed by atoms with Gasteiger partial charge in [-0.05, 0) is 0 Å². The van der Waals surface area contributed by atoms with Crippen molar-refractivity contribution < 1.29 is 0 Å². The van der Waals surface area contributed by atoms with E-state index in [1.165, 1.54) is 5.69 Å². The number of hydrogen-bond acceptors (Lipinski definition) is 5. The molecule has 5 nitrogen and oxygen atoms in total. The molecule has 0 unspecified atom stereocenters. The third-order valence-corrected chi connectivity index (χ3v) is 3.72. The molecule has 5 heteroatoms. The number of rotatable bonds is 3. The van der Waals surface area contributed by atoms with E-state index in [2.05, 4.69) is 38.6 Å². The van der Waals surface area contributed by atoms with E-state index in [-0.39, 0.29) is 0 Å². The first-order chi connectivity index (χ1) is 10.3. The molecule has 1 N–H and O–H groups in total. The van der Waals surface area contributed by atoms with Crippen LogP contribution in [0.1, 0.15) is 0 Å². The Hall–Kier alpha value is -2.14. The molecule has 0 spiro atoms. The molecule has 1 aromatic heterocycles. The molecule has 21 heavy (non-hydrogen) atoms. The van der Waals surface area contributed by atoms with E-state index in [1.807, 2.05) is 37.2 Å². The van der Waals surface area contributed by atoms with Crippen LogP contribution in [-0.4, -0.2) is 50.5 Å². The van der Waals surface area contributed by atoms with Crippen molar-refractivity contribution in [3.63, 3.8) is 0 Å². The second-order valence-corrected chi connectivity index (χ2v) is 5.43. The van der Waals surface area contributed by atoms with Crippen molar-refractivity contribution in [2.45, 2.75) is 0 Å². The lowest BCUT2D eigenvalue weighted by Gasteiger charge is -2.31. The molecule has 110 valence electrons. The quantitative estimate of drug-likeness (QED) is 0.927. The summed E-state index contributed by atoms with van der Waals surface area (Å²) >= 11 is 0. The highest BCUT2D eigenvalue weighted by Gasteiger charge is 2.18. The third kappa shape index (κ3) is 2.97. The first-order valence-corrected chi connectivity index (χ1v) is 7.32. The van der Waals surface area contributed by atoms with Gasteiger partial charge in [-0.1, -0.05) is 30.3 Å². The first-order valence-electron chi connectivity index (χ1n) is 7.32. The second kappa shape index (κ2) is 6.10. The van der Waals surface area contributed by atoms with Gasteiger partial charge in [-0.2, -0.15) is 0 Å². The van der Waals surface area contributed by atoms with E-state index in [1.54, 1.807) is 0 Å². The topological polar surface area (TPSA) is 44.3 Å². The summed E-state index contributed by atoms with van der Waals surface area (Å²) in [5.74, 6) is 0.892. The Bertz CT molecular complexity index is 591. The van der Waals surface area contributed by atoms with Crippen LogP contribution in [0.3, 0.4) is 0 Å². The highest BCUT2D eigenvalue weighted by molar-refractivity contribution is 5.76. The predicted octanol–water partition coefficient (Wildman–Crippen LogP) is 1.62. The van der Waals surface area contributed by atoms with Gasteiger partial charge >= 0.3 is 0 Å². The molecule has 0 aliphatic carbocycles. The number of nitrogens with one attached hydrogen (secondary N) is 1.